The van der Waals surface area contributed by atoms with Gasteiger partial charge in [-0.1, -0.05) is 19.1 Å². The molecule has 0 bridgehead atoms. The highest BCUT2D eigenvalue weighted by atomic mass is 16.3. The lowest BCUT2D eigenvalue weighted by atomic mass is 9.72. The monoisotopic (exact) mass is 354 g/mol. The minimum Gasteiger partial charge on any atom is -0.507 e. The number of hydrogen-bond acceptors (Lipinski definition) is 6. The number of hydrogen-bond donors (Lipinski definition) is 4. The number of carbonyl (C=O) groups is 2. The fourth-order valence-corrected chi connectivity index (χ4v) is 4.02. The van der Waals surface area contributed by atoms with E-state index in [0.717, 1.165) is 0 Å². The fraction of sp³-hybridized carbons (Fsp3) is 0.300. The number of phenols is 2. The summed E-state index contributed by atoms with van der Waals surface area (Å²) in [4.78, 5) is 25.7. The lowest BCUT2D eigenvalue weighted by Gasteiger charge is -2.38. The van der Waals surface area contributed by atoms with E-state index < -0.39 is 29.0 Å². The molecule has 0 saturated carbocycles. The van der Waals surface area contributed by atoms with Gasteiger partial charge in [-0.05, 0) is 37.0 Å². The van der Waals surface area contributed by atoms with E-state index in [9.17, 15) is 30.0 Å². The lowest BCUT2D eigenvalue weighted by Crippen LogP contribution is -2.40. The number of phenolic OH excluding ortho intramolecular Hbond substituents is 2. The number of benzene rings is 2. The van der Waals surface area contributed by atoms with Crippen molar-refractivity contribution in [2.75, 3.05) is 0 Å². The summed E-state index contributed by atoms with van der Waals surface area (Å²) in [5.41, 5.74) is -1.02. The molecule has 0 aliphatic heterocycles. The van der Waals surface area contributed by atoms with E-state index in [1.54, 1.807) is 6.92 Å². The maximum Gasteiger partial charge on any atom is 0.198 e. The standard InChI is InChI=1S/C20H18O6/c1-2-20(26)7-6-9-8-11-15(18(24)13(9)19(20)25)16(22)10-4-3-5-12(21)14(10)17(11)23/h3-5,8,19,21,24-26H,2,6-7H2,1H3. The SMILES string of the molecule is CCC1(O)CCc2cc3c(c(O)c2C1O)C(=O)c1cccc(O)c1C3=O. The highest BCUT2D eigenvalue weighted by Crippen LogP contribution is 2.47. The molecule has 2 aliphatic carbocycles. The molecule has 0 aromatic heterocycles. The molecule has 2 aromatic carbocycles. The average Bonchev–Trinajstić information content (AvgIpc) is 2.62. The Kier molecular flexibility index (Phi) is 3.48. The average molecular weight is 354 g/mol. The van der Waals surface area contributed by atoms with Gasteiger partial charge < -0.3 is 20.4 Å². The van der Waals surface area contributed by atoms with Gasteiger partial charge in [-0.25, -0.2) is 0 Å². The van der Waals surface area contributed by atoms with Gasteiger partial charge in [0.05, 0.1) is 16.7 Å². The van der Waals surface area contributed by atoms with Crippen LogP contribution in [-0.2, 0) is 6.42 Å². The van der Waals surface area contributed by atoms with Gasteiger partial charge in [0.2, 0.25) is 0 Å². The Morgan fingerprint density at radius 1 is 1.12 bits per heavy atom. The van der Waals surface area contributed by atoms with E-state index in [-0.39, 0.29) is 46.4 Å². The van der Waals surface area contributed by atoms with Crippen molar-refractivity contribution in [3.63, 3.8) is 0 Å². The van der Waals surface area contributed by atoms with Gasteiger partial charge in [-0.2, -0.15) is 0 Å². The van der Waals surface area contributed by atoms with E-state index in [4.69, 9.17) is 0 Å². The van der Waals surface area contributed by atoms with Crippen LogP contribution in [-0.4, -0.2) is 37.6 Å². The number of aromatic hydroxyl groups is 2. The largest absolute Gasteiger partial charge is 0.507 e. The summed E-state index contributed by atoms with van der Waals surface area (Å²) in [7, 11) is 0. The molecule has 0 heterocycles. The molecule has 0 saturated heterocycles. The molecule has 0 spiro atoms. The Bertz CT molecular complexity index is 977. The fourth-order valence-electron chi connectivity index (χ4n) is 4.02. The van der Waals surface area contributed by atoms with Crippen LogP contribution in [0.25, 0.3) is 0 Å². The van der Waals surface area contributed by atoms with Crippen LogP contribution >= 0.6 is 0 Å². The van der Waals surface area contributed by atoms with E-state index in [2.05, 4.69) is 0 Å². The number of fused-ring (bicyclic) bond motifs is 3. The van der Waals surface area contributed by atoms with Crippen molar-refractivity contribution in [3.8, 4) is 11.5 Å². The second-order valence-corrected chi connectivity index (χ2v) is 6.94. The van der Waals surface area contributed by atoms with Gasteiger partial charge in [0, 0.05) is 16.7 Å². The quantitative estimate of drug-likeness (QED) is 0.531. The molecule has 2 atom stereocenters. The molecule has 134 valence electrons. The number of aliphatic hydroxyl groups excluding tert-OH is 1. The molecule has 0 amide bonds. The summed E-state index contributed by atoms with van der Waals surface area (Å²) >= 11 is 0. The highest BCUT2D eigenvalue weighted by molar-refractivity contribution is 6.30. The first-order valence-corrected chi connectivity index (χ1v) is 8.50. The summed E-state index contributed by atoms with van der Waals surface area (Å²) in [6.45, 7) is 1.73. The molecule has 4 N–H and O–H groups in total. The van der Waals surface area contributed by atoms with E-state index in [1.807, 2.05) is 0 Å². The van der Waals surface area contributed by atoms with Crippen molar-refractivity contribution >= 4 is 11.6 Å². The number of ketones is 2. The summed E-state index contributed by atoms with van der Waals surface area (Å²) in [6.07, 6.45) is -0.435. The third-order valence-corrected chi connectivity index (χ3v) is 5.63. The van der Waals surface area contributed by atoms with Gasteiger partial charge >= 0.3 is 0 Å². The zero-order valence-electron chi connectivity index (χ0n) is 14.1. The first-order chi connectivity index (χ1) is 12.3. The first kappa shape index (κ1) is 16.8. The maximum absolute atomic E-state index is 12.9. The van der Waals surface area contributed by atoms with Crippen LogP contribution in [0, 0.1) is 0 Å². The van der Waals surface area contributed by atoms with Crippen LogP contribution in [0.15, 0.2) is 24.3 Å². The van der Waals surface area contributed by atoms with Gasteiger partial charge in [0.15, 0.2) is 11.6 Å². The van der Waals surface area contributed by atoms with Crippen LogP contribution in [0.1, 0.15) is 68.8 Å². The Morgan fingerprint density at radius 2 is 1.81 bits per heavy atom. The lowest BCUT2D eigenvalue weighted by molar-refractivity contribution is -0.0919. The molecular weight excluding hydrogens is 336 g/mol. The topological polar surface area (TPSA) is 115 Å². The number of aryl methyl sites for hydroxylation is 1. The van der Waals surface area contributed by atoms with Gasteiger partial charge in [0.1, 0.15) is 17.6 Å². The molecular formula is C20H18O6. The Labute approximate surface area is 149 Å². The molecule has 6 nitrogen and oxygen atoms in total. The van der Waals surface area contributed by atoms with E-state index >= 15 is 0 Å². The van der Waals surface area contributed by atoms with Gasteiger partial charge in [0.25, 0.3) is 0 Å². The van der Waals surface area contributed by atoms with Gasteiger partial charge in [-0.15, -0.1) is 0 Å². The smallest absolute Gasteiger partial charge is 0.198 e. The molecule has 2 unspecified atom stereocenters. The first-order valence-electron chi connectivity index (χ1n) is 8.50. The minimum atomic E-state index is -1.39. The zero-order valence-corrected chi connectivity index (χ0v) is 14.1. The van der Waals surface area contributed by atoms with Crippen LogP contribution in [0.5, 0.6) is 11.5 Å². The molecule has 0 radical (unpaired) electrons. The van der Waals surface area contributed by atoms with Crippen LogP contribution in [0.2, 0.25) is 0 Å². The van der Waals surface area contributed by atoms with Crippen molar-refractivity contribution in [1.82, 2.24) is 0 Å². The predicted molar refractivity (Wildman–Crippen MR) is 91.6 cm³/mol. The van der Waals surface area contributed by atoms with Crippen molar-refractivity contribution in [3.05, 3.63) is 57.6 Å². The van der Waals surface area contributed by atoms with Gasteiger partial charge in [-0.3, -0.25) is 9.59 Å². The highest BCUT2D eigenvalue weighted by Gasteiger charge is 2.44. The van der Waals surface area contributed by atoms with E-state index in [0.29, 0.717) is 12.0 Å². The summed E-state index contributed by atoms with van der Waals surface area (Å²) < 4.78 is 0. The second kappa shape index (κ2) is 5.40. The molecule has 2 aliphatic rings. The number of aliphatic hydroxyl groups is 2. The van der Waals surface area contributed by atoms with Crippen LogP contribution in [0.3, 0.4) is 0 Å². The number of carbonyl (C=O) groups excluding carboxylic acids is 2. The molecule has 0 fully saturated rings. The summed E-state index contributed by atoms with van der Waals surface area (Å²) in [5.74, 6) is -1.90. The molecule has 2 aromatic rings. The molecule has 6 heteroatoms. The zero-order chi connectivity index (χ0) is 18.8. The van der Waals surface area contributed by atoms with Crippen molar-refractivity contribution in [2.45, 2.75) is 37.9 Å². The van der Waals surface area contributed by atoms with Crippen molar-refractivity contribution in [2.24, 2.45) is 0 Å². The molecule has 4 rings (SSSR count). The summed E-state index contributed by atoms with van der Waals surface area (Å²) in [6, 6.07) is 5.68. The van der Waals surface area contributed by atoms with Crippen LogP contribution in [0.4, 0.5) is 0 Å². The van der Waals surface area contributed by atoms with Crippen molar-refractivity contribution < 1.29 is 30.0 Å². The number of rotatable bonds is 1. The second-order valence-electron chi connectivity index (χ2n) is 6.94. The maximum atomic E-state index is 12.9. The predicted octanol–water partition coefficient (Wildman–Crippen LogP) is 1.99. The third kappa shape index (κ3) is 2.00. The Balaban J connectivity index is 1.99. The van der Waals surface area contributed by atoms with E-state index in [1.165, 1.54) is 24.3 Å². The van der Waals surface area contributed by atoms with Crippen LogP contribution < -0.4 is 0 Å². The normalized spacial score (nSPS) is 24.0. The minimum absolute atomic E-state index is 0.00815. The van der Waals surface area contributed by atoms with Crippen molar-refractivity contribution in [1.29, 1.82) is 0 Å². The molecule has 26 heavy (non-hydrogen) atoms. The third-order valence-electron chi connectivity index (χ3n) is 5.63. The Hall–Kier alpha value is -2.70. The Morgan fingerprint density at radius 3 is 2.50 bits per heavy atom. The summed E-state index contributed by atoms with van der Waals surface area (Å²) in [5, 5.41) is 42.0.